The molecule has 1 aromatic rings. The average molecular weight is 268 g/mol. The summed E-state index contributed by atoms with van der Waals surface area (Å²) in [5.74, 6) is 0. The lowest BCUT2D eigenvalue weighted by molar-refractivity contribution is 0.559. The van der Waals surface area contributed by atoms with E-state index in [-0.39, 0.29) is 6.04 Å². The van der Waals surface area contributed by atoms with E-state index in [4.69, 9.17) is 0 Å². The maximum absolute atomic E-state index is 12.4. The Morgan fingerprint density at radius 1 is 1.22 bits per heavy atom. The van der Waals surface area contributed by atoms with Crippen molar-refractivity contribution in [2.24, 2.45) is 0 Å². The zero-order valence-electron chi connectivity index (χ0n) is 11.1. The summed E-state index contributed by atoms with van der Waals surface area (Å²) in [5, 5.41) is 3.16. The molecule has 0 spiro atoms. The number of rotatable bonds is 3. The molecule has 18 heavy (non-hydrogen) atoms. The summed E-state index contributed by atoms with van der Waals surface area (Å²) in [7, 11) is -3.41. The van der Waals surface area contributed by atoms with Gasteiger partial charge in [-0.2, -0.15) is 0 Å². The van der Waals surface area contributed by atoms with Crippen molar-refractivity contribution in [1.82, 2.24) is 10.0 Å². The Kier molecular flexibility index (Phi) is 3.75. The molecule has 1 heterocycles. The van der Waals surface area contributed by atoms with Gasteiger partial charge in [-0.3, -0.25) is 0 Å². The van der Waals surface area contributed by atoms with Gasteiger partial charge in [0.1, 0.15) is 0 Å². The Hall–Kier alpha value is -0.910. The summed E-state index contributed by atoms with van der Waals surface area (Å²) in [6.07, 6.45) is 0.850. The van der Waals surface area contributed by atoms with Gasteiger partial charge in [-0.1, -0.05) is 17.7 Å². The van der Waals surface area contributed by atoms with Crippen molar-refractivity contribution in [3.05, 3.63) is 28.8 Å². The van der Waals surface area contributed by atoms with Gasteiger partial charge in [-0.05, 0) is 44.9 Å². The summed E-state index contributed by atoms with van der Waals surface area (Å²) < 4.78 is 27.6. The van der Waals surface area contributed by atoms with Gasteiger partial charge >= 0.3 is 0 Å². The Balaban J connectivity index is 2.34. The molecule has 1 unspecified atom stereocenters. The van der Waals surface area contributed by atoms with Crippen LogP contribution in [0.1, 0.15) is 23.1 Å². The van der Waals surface area contributed by atoms with E-state index in [9.17, 15) is 8.42 Å². The molecule has 0 amide bonds. The highest BCUT2D eigenvalue weighted by atomic mass is 32.2. The Morgan fingerprint density at radius 2 is 1.83 bits per heavy atom. The molecule has 2 rings (SSSR count). The predicted molar refractivity (Wildman–Crippen MR) is 72.2 cm³/mol. The highest BCUT2D eigenvalue weighted by Gasteiger charge is 2.25. The van der Waals surface area contributed by atoms with E-state index < -0.39 is 10.0 Å². The number of benzene rings is 1. The average Bonchev–Trinajstić information content (AvgIpc) is 2.66. The molecule has 1 saturated heterocycles. The molecule has 5 heteroatoms. The first-order valence-electron chi connectivity index (χ1n) is 6.21. The second-order valence-electron chi connectivity index (χ2n) is 5.04. The highest BCUT2D eigenvalue weighted by molar-refractivity contribution is 7.89. The van der Waals surface area contributed by atoms with Crippen LogP contribution in [0, 0.1) is 20.8 Å². The number of nitrogens with one attached hydrogen (secondary N) is 2. The van der Waals surface area contributed by atoms with Gasteiger partial charge < -0.3 is 5.32 Å². The van der Waals surface area contributed by atoms with E-state index in [1.807, 2.05) is 32.9 Å². The molecule has 100 valence electrons. The maximum Gasteiger partial charge on any atom is 0.241 e. The van der Waals surface area contributed by atoms with Crippen molar-refractivity contribution in [1.29, 1.82) is 0 Å². The van der Waals surface area contributed by atoms with Crippen molar-refractivity contribution < 1.29 is 8.42 Å². The van der Waals surface area contributed by atoms with Gasteiger partial charge in [-0.25, -0.2) is 13.1 Å². The fourth-order valence-corrected chi connectivity index (χ4v) is 4.35. The first-order chi connectivity index (χ1) is 8.40. The van der Waals surface area contributed by atoms with Crippen molar-refractivity contribution in [3.8, 4) is 0 Å². The number of sulfonamides is 1. The van der Waals surface area contributed by atoms with E-state index in [1.165, 1.54) is 0 Å². The summed E-state index contributed by atoms with van der Waals surface area (Å²) in [6.45, 7) is 7.26. The van der Waals surface area contributed by atoms with Gasteiger partial charge in [0.15, 0.2) is 0 Å². The van der Waals surface area contributed by atoms with E-state index in [0.717, 1.165) is 29.7 Å². The summed E-state index contributed by atoms with van der Waals surface area (Å²) in [5.41, 5.74) is 2.71. The molecule has 1 aliphatic heterocycles. The summed E-state index contributed by atoms with van der Waals surface area (Å²) >= 11 is 0. The minimum Gasteiger partial charge on any atom is -0.315 e. The van der Waals surface area contributed by atoms with Crippen LogP contribution in [0.3, 0.4) is 0 Å². The Labute approximate surface area is 109 Å². The van der Waals surface area contributed by atoms with E-state index in [0.29, 0.717) is 11.4 Å². The third kappa shape index (κ3) is 2.74. The minimum absolute atomic E-state index is 0.00935. The van der Waals surface area contributed by atoms with Gasteiger partial charge in [0.2, 0.25) is 10.0 Å². The normalized spacial score (nSPS) is 20.3. The summed E-state index contributed by atoms with van der Waals surface area (Å²) in [6, 6.07) is 3.83. The second-order valence-corrected chi connectivity index (χ2v) is 6.69. The van der Waals surface area contributed by atoms with E-state index in [1.54, 1.807) is 0 Å². The Bertz CT molecular complexity index is 523. The molecule has 0 aromatic heterocycles. The Morgan fingerprint density at radius 3 is 2.33 bits per heavy atom. The third-order valence-corrected chi connectivity index (χ3v) is 5.08. The van der Waals surface area contributed by atoms with Crippen LogP contribution in [0.2, 0.25) is 0 Å². The molecular formula is C13H20N2O2S. The van der Waals surface area contributed by atoms with Crippen LogP contribution < -0.4 is 10.0 Å². The molecule has 1 fully saturated rings. The van der Waals surface area contributed by atoms with Crippen LogP contribution in [0.5, 0.6) is 0 Å². The zero-order chi connectivity index (χ0) is 13.3. The SMILES string of the molecule is Cc1cc(C)c(S(=O)(=O)NC2CCNC2)c(C)c1. The maximum atomic E-state index is 12.4. The predicted octanol–water partition coefficient (Wildman–Crippen LogP) is 1.25. The first-order valence-corrected chi connectivity index (χ1v) is 7.69. The molecule has 0 saturated carbocycles. The van der Waals surface area contributed by atoms with E-state index in [2.05, 4.69) is 10.0 Å². The molecule has 0 radical (unpaired) electrons. The van der Waals surface area contributed by atoms with Crippen molar-refractivity contribution in [2.75, 3.05) is 13.1 Å². The topological polar surface area (TPSA) is 58.2 Å². The van der Waals surface area contributed by atoms with Gasteiger partial charge in [0, 0.05) is 12.6 Å². The molecule has 4 nitrogen and oxygen atoms in total. The van der Waals surface area contributed by atoms with Crippen LogP contribution in [-0.4, -0.2) is 27.5 Å². The minimum atomic E-state index is -3.41. The third-order valence-electron chi connectivity index (χ3n) is 3.26. The number of aryl methyl sites for hydroxylation is 3. The quantitative estimate of drug-likeness (QED) is 0.867. The monoisotopic (exact) mass is 268 g/mol. The molecule has 0 aliphatic carbocycles. The van der Waals surface area contributed by atoms with Crippen molar-refractivity contribution in [2.45, 2.75) is 38.1 Å². The van der Waals surface area contributed by atoms with Crippen LogP contribution in [0.15, 0.2) is 17.0 Å². The van der Waals surface area contributed by atoms with Crippen molar-refractivity contribution in [3.63, 3.8) is 0 Å². The molecule has 1 atom stereocenters. The van der Waals surface area contributed by atoms with Gasteiger partial charge in [0.05, 0.1) is 4.90 Å². The highest BCUT2D eigenvalue weighted by Crippen LogP contribution is 2.22. The lowest BCUT2D eigenvalue weighted by Crippen LogP contribution is -2.36. The zero-order valence-corrected chi connectivity index (χ0v) is 11.9. The smallest absolute Gasteiger partial charge is 0.241 e. The van der Waals surface area contributed by atoms with Crippen LogP contribution in [0.4, 0.5) is 0 Å². The van der Waals surface area contributed by atoms with Crippen LogP contribution >= 0.6 is 0 Å². The molecule has 0 bridgehead atoms. The fraction of sp³-hybridized carbons (Fsp3) is 0.538. The lowest BCUT2D eigenvalue weighted by atomic mass is 10.1. The van der Waals surface area contributed by atoms with Crippen molar-refractivity contribution >= 4 is 10.0 Å². The van der Waals surface area contributed by atoms with Crippen LogP contribution in [-0.2, 0) is 10.0 Å². The molecule has 1 aliphatic rings. The first kappa shape index (κ1) is 13.5. The molecule has 1 aromatic carbocycles. The fourth-order valence-electron chi connectivity index (χ4n) is 2.62. The number of hydrogen-bond donors (Lipinski definition) is 2. The van der Waals surface area contributed by atoms with E-state index >= 15 is 0 Å². The second kappa shape index (κ2) is 4.99. The standard InChI is InChI=1S/C13H20N2O2S/c1-9-6-10(2)13(11(3)7-9)18(16,17)15-12-4-5-14-8-12/h6-7,12,14-15H,4-5,8H2,1-3H3. The lowest BCUT2D eigenvalue weighted by Gasteiger charge is -2.16. The van der Waals surface area contributed by atoms with Gasteiger partial charge in [0.25, 0.3) is 0 Å². The largest absolute Gasteiger partial charge is 0.315 e. The molecular weight excluding hydrogens is 248 g/mol. The number of hydrogen-bond acceptors (Lipinski definition) is 3. The van der Waals surface area contributed by atoms with Gasteiger partial charge in [-0.15, -0.1) is 0 Å². The van der Waals surface area contributed by atoms with Crippen LogP contribution in [0.25, 0.3) is 0 Å². The summed E-state index contributed by atoms with van der Waals surface area (Å²) in [4.78, 5) is 0.431. The molecule has 2 N–H and O–H groups in total.